The van der Waals surface area contributed by atoms with Crippen molar-refractivity contribution in [3.8, 4) is 0 Å². The van der Waals surface area contributed by atoms with Crippen LogP contribution in [0.4, 0.5) is 4.39 Å². The highest BCUT2D eigenvalue weighted by atomic mass is 19.1. The van der Waals surface area contributed by atoms with E-state index in [1.807, 2.05) is 11.3 Å². The van der Waals surface area contributed by atoms with Crippen molar-refractivity contribution in [1.82, 2.24) is 14.7 Å². The second kappa shape index (κ2) is 4.11. The number of halogens is 1. The Kier molecular flexibility index (Phi) is 2.59. The highest BCUT2D eigenvalue weighted by molar-refractivity contribution is 5.43. The molecule has 1 fully saturated rings. The average Bonchev–Trinajstić information content (AvgIpc) is 2.91. The number of fused-ring (bicyclic) bond motifs is 1. The van der Waals surface area contributed by atoms with E-state index in [9.17, 15) is 4.39 Å². The van der Waals surface area contributed by atoms with Gasteiger partial charge in [0, 0.05) is 11.9 Å². The number of hydrogen-bond acceptors (Lipinski definition) is 2. The Labute approximate surface area is 99.7 Å². The van der Waals surface area contributed by atoms with Crippen LogP contribution in [0.15, 0.2) is 18.3 Å². The molecule has 1 N–H and O–H groups in total. The maximum absolute atomic E-state index is 13.2. The van der Waals surface area contributed by atoms with Gasteiger partial charge in [0.05, 0.1) is 5.69 Å². The first-order chi connectivity index (χ1) is 8.24. The second-order valence-corrected chi connectivity index (χ2v) is 4.78. The first kappa shape index (κ1) is 10.7. The lowest BCUT2D eigenvalue weighted by Gasteiger charge is -2.05. The summed E-state index contributed by atoms with van der Waals surface area (Å²) in [4.78, 5) is 4.59. The molecule has 1 saturated heterocycles. The first-order valence-electron chi connectivity index (χ1n) is 6.08. The summed E-state index contributed by atoms with van der Waals surface area (Å²) in [6.07, 6.45) is 3.71. The Morgan fingerprint density at radius 3 is 3.18 bits per heavy atom. The molecule has 1 unspecified atom stereocenters. The van der Waals surface area contributed by atoms with Crippen molar-refractivity contribution in [3.63, 3.8) is 0 Å². The van der Waals surface area contributed by atoms with Crippen LogP contribution in [0, 0.1) is 18.7 Å². The minimum absolute atomic E-state index is 0.216. The van der Waals surface area contributed by atoms with Gasteiger partial charge in [-0.15, -0.1) is 0 Å². The summed E-state index contributed by atoms with van der Waals surface area (Å²) in [6, 6.07) is 3.20. The summed E-state index contributed by atoms with van der Waals surface area (Å²) < 4.78 is 15.0. The molecule has 0 amide bonds. The highest BCUT2D eigenvalue weighted by Gasteiger charge is 2.18. The molecule has 4 heteroatoms. The van der Waals surface area contributed by atoms with Gasteiger partial charge in [-0.25, -0.2) is 9.37 Å². The van der Waals surface area contributed by atoms with Gasteiger partial charge >= 0.3 is 0 Å². The molecule has 2 aromatic heterocycles. The van der Waals surface area contributed by atoms with Gasteiger partial charge in [0.15, 0.2) is 0 Å². The molecule has 0 aliphatic carbocycles. The Morgan fingerprint density at radius 1 is 1.53 bits per heavy atom. The van der Waals surface area contributed by atoms with Gasteiger partial charge in [-0.05, 0) is 50.9 Å². The van der Waals surface area contributed by atoms with Gasteiger partial charge in [-0.3, -0.25) is 0 Å². The molecule has 0 saturated carbocycles. The number of pyridine rings is 1. The lowest BCUT2D eigenvalue weighted by molar-refractivity contribution is 0.571. The van der Waals surface area contributed by atoms with E-state index in [4.69, 9.17) is 0 Å². The van der Waals surface area contributed by atoms with Crippen molar-refractivity contribution in [2.45, 2.75) is 19.8 Å². The van der Waals surface area contributed by atoms with Gasteiger partial charge < -0.3 is 9.72 Å². The maximum atomic E-state index is 13.2. The zero-order chi connectivity index (χ0) is 11.8. The molecule has 0 radical (unpaired) electrons. The number of nitrogens with one attached hydrogen (secondary N) is 1. The molecule has 17 heavy (non-hydrogen) atoms. The van der Waals surface area contributed by atoms with E-state index >= 15 is 0 Å². The fraction of sp³-hybridized carbons (Fsp3) is 0.462. The highest BCUT2D eigenvalue weighted by Crippen LogP contribution is 2.19. The fourth-order valence-electron chi connectivity index (χ4n) is 2.54. The summed E-state index contributed by atoms with van der Waals surface area (Å²) in [7, 11) is 0. The van der Waals surface area contributed by atoms with E-state index in [-0.39, 0.29) is 5.82 Å². The number of hydrogen-bond donors (Lipinski definition) is 1. The molecule has 2 aromatic rings. The van der Waals surface area contributed by atoms with E-state index in [0.717, 1.165) is 36.5 Å². The van der Waals surface area contributed by atoms with Gasteiger partial charge in [0.1, 0.15) is 11.5 Å². The molecular weight excluding hydrogens is 217 g/mol. The van der Waals surface area contributed by atoms with Gasteiger partial charge in [0.2, 0.25) is 0 Å². The standard InChI is InChI=1S/C13H16FN3/c1-9-12(6-10-4-5-15-7-10)16-13-3-2-11(14)8-17(9)13/h2-3,8,10,15H,4-7H2,1H3. The van der Waals surface area contributed by atoms with Crippen molar-refractivity contribution in [1.29, 1.82) is 0 Å². The molecule has 1 aliphatic heterocycles. The van der Waals surface area contributed by atoms with Crippen LogP contribution in [-0.2, 0) is 6.42 Å². The van der Waals surface area contributed by atoms with Crippen LogP contribution in [0.1, 0.15) is 17.8 Å². The van der Waals surface area contributed by atoms with Crippen LogP contribution in [0.2, 0.25) is 0 Å². The minimum atomic E-state index is -0.216. The summed E-state index contributed by atoms with van der Waals surface area (Å²) in [5.74, 6) is 0.454. The first-order valence-corrected chi connectivity index (χ1v) is 6.08. The maximum Gasteiger partial charge on any atom is 0.139 e. The minimum Gasteiger partial charge on any atom is -0.316 e. The van der Waals surface area contributed by atoms with Crippen LogP contribution in [0.25, 0.3) is 5.65 Å². The fourth-order valence-corrected chi connectivity index (χ4v) is 2.54. The number of imidazole rings is 1. The van der Waals surface area contributed by atoms with Crippen molar-refractivity contribution in [2.24, 2.45) is 5.92 Å². The number of nitrogens with zero attached hydrogens (tertiary/aromatic N) is 2. The number of aromatic nitrogens is 2. The monoisotopic (exact) mass is 233 g/mol. The smallest absolute Gasteiger partial charge is 0.139 e. The zero-order valence-corrected chi connectivity index (χ0v) is 9.91. The molecule has 0 bridgehead atoms. The third kappa shape index (κ3) is 1.93. The molecule has 1 atom stereocenters. The number of rotatable bonds is 2. The predicted octanol–water partition coefficient (Wildman–Crippen LogP) is 1.93. The van der Waals surface area contributed by atoms with E-state index in [1.165, 1.54) is 18.7 Å². The summed E-state index contributed by atoms with van der Waals surface area (Å²) in [6.45, 7) is 4.19. The van der Waals surface area contributed by atoms with Crippen LogP contribution in [0.5, 0.6) is 0 Å². The Hall–Kier alpha value is -1.42. The van der Waals surface area contributed by atoms with Gasteiger partial charge in [0.25, 0.3) is 0 Å². The Bertz CT molecular complexity index is 541. The van der Waals surface area contributed by atoms with Crippen molar-refractivity contribution in [3.05, 3.63) is 35.5 Å². The zero-order valence-electron chi connectivity index (χ0n) is 9.91. The summed E-state index contributed by atoms with van der Waals surface area (Å²) in [5, 5.41) is 3.36. The normalized spacial score (nSPS) is 20.2. The second-order valence-electron chi connectivity index (χ2n) is 4.78. The van der Waals surface area contributed by atoms with Crippen molar-refractivity contribution < 1.29 is 4.39 Å². The molecular formula is C13H16FN3. The summed E-state index contributed by atoms with van der Waals surface area (Å²) >= 11 is 0. The molecule has 1 aliphatic rings. The SMILES string of the molecule is Cc1c(CC2CCNC2)nc2ccc(F)cn12. The van der Waals surface area contributed by atoms with E-state index in [0.29, 0.717) is 5.92 Å². The molecule has 0 spiro atoms. The van der Waals surface area contributed by atoms with E-state index in [1.54, 1.807) is 6.07 Å². The quantitative estimate of drug-likeness (QED) is 0.859. The lowest BCUT2D eigenvalue weighted by atomic mass is 10.0. The van der Waals surface area contributed by atoms with Gasteiger partial charge in [-0.2, -0.15) is 0 Å². The lowest BCUT2D eigenvalue weighted by Crippen LogP contribution is -2.11. The van der Waals surface area contributed by atoms with Crippen molar-refractivity contribution >= 4 is 5.65 Å². The van der Waals surface area contributed by atoms with Crippen LogP contribution in [0.3, 0.4) is 0 Å². The Balaban J connectivity index is 1.96. The third-order valence-electron chi connectivity index (χ3n) is 3.56. The van der Waals surface area contributed by atoms with Gasteiger partial charge in [-0.1, -0.05) is 0 Å². The average molecular weight is 233 g/mol. The topological polar surface area (TPSA) is 29.3 Å². The van der Waals surface area contributed by atoms with Crippen LogP contribution >= 0.6 is 0 Å². The predicted molar refractivity (Wildman–Crippen MR) is 64.6 cm³/mol. The third-order valence-corrected chi connectivity index (χ3v) is 3.56. The largest absolute Gasteiger partial charge is 0.316 e. The molecule has 90 valence electrons. The molecule has 3 rings (SSSR count). The van der Waals surface area contributed by atoms with E-state index < -0.39 is 0 Å². The summed E-state index contributed by atoms with van der Waals surface area (Å²) in [5.41, 5.74) is 3.00. The van der Waals surface area contributed by atoms with Crippen LogP contribution in [-0.4, -0.2) is 22.5 Å². The molecule has 0 aromatic carbocycles. The molecule has 3 nitrogen and oxygen atoms in total. The van der Waals surface area contributed by atoms with E-state index in [2.05, 4.69) is 10.3 Å². The molecule has 3 heterocycles. The van der Waals surface area contributed by atoms with Crippen molar-refractivity contribution in [2.75, 3.05) is 13.1 Å². The van der Waals surface area contributed by atoms with Crippen LogP contribution < -0.4 is 5.32 Å². The Morgan fingerprint density at radius 2 is 2.41 bits per heavy atom. The number of aryl methyl sites for hydroxylation is 1.